The van der Waals surface area contributed by atoms with Crippen LogP contribution in [0.2, 0.25) is 0 Å². The Morgan fingerprint density at radius 2 is 1.60 bits per heavy atom. The number of carbonyl (C=O) groups is 2. The van der Waals surface area contributed by atoms with Crippen molar-refractivity contribution in [3.05, 3.63) is 113 Å². The van der Waals surface area contributed by atoms with E-state index >= 15 is 0 Å². The molecule has 1 N–H and O–H groups in total. The van der Waals surface area contributed by atoms with Crippen LogP contribution in [-0.4, -0.2) is 33.0 Å². The van der Waals surface area contributed by atoms with Gasteiger partial charge in [0.25, 0.3) is 5.91 Å². The molecule has 0 saturated carbocycles. The lowest BCUT2D eigenvalue weighted by atomic mass is 9.92. The monoisotopic (exact) mass is 548 g/mol. The molecular formula is C31H31F3N4O2. The van der Waals surface area contributed by atoms with Gasteiger partial charge >= 0.3 is 6.18 Å². The van der Waals surface area contributed by atoms with Crippen molar-refractivity contribution in [2.24, 2.45) is 0 Å². The molecule has 0 aliphatic heterocycles. The number of nitrogens with zero attached hydrogens (tertiary/aromatic N) is 3. The number of hydrogen-bond donors (Lipinski definition) is 1. The maximum atomic E-state index is 13.4. The van der Waals surface area contributed by atoms with Crippen LogP contribution in [0.4, 0.5) is 19.0 Å². The van der Waals surface area contributed by atoms with E-state index in [1.54, 1.807) is 35.0 Å². The van der Waals surface area contributed by atoms with Gasteiger partial charge in [-0.2, -0.15) is 18.3 Å². The Labute approximate surface area is 231 Å². The van der Waals surface area contributed by atoms with Crippen molar-refractivity contribution >= 4 is 17.6 Å². The average Bonchev–Trinajstić information content (AvgIpc) is 3.32. The van der Waals surface area contributed by atoms with Gasteiger partial charge in [-0.3, -0.25) is 9.59 Å². The topological polar surface area (TPSA) is 67.2 Å². The summed E-state index contributed by atoms with van der Waals surface area (Å²) in [7, 11) is 0. The van der Waals surface area contributed by atoms with Gasteiger partial charge in [0.2, 0.25) is 5.91 Å². The largest absolute Gasteiger partial charge is 0.416 e. The fourth-order valence-corrected chi connectivity index (χ4v) is 4.16. The highest BCUT2D eigenvalue weighted by Gasteiger charge is 2.32. The molecule has 4 aromatic rings. The van der Waals surface area contributed by atoms with Crippen molar-refractivity contribution < 1.29 is 22.8 Å². The molecule has 0 unspecified atom stereocenters. The van der Waals surface area contributed by atoms with E-state index in [1.165, 1.54) is 17.0 Å². The van der Waals surface area contributed by atoms with Crippen LogP contribution in [0.5, 0.6) is 0 Å². The third-order valence-electron chi connectivity index (χ3n) is 6.27. The Balaban J connectivity index is 1.64. The minimum absolute atomic E-state index is 0.0354. The number of nitrogens with one attached hydrogen (secondary N) is 1. The zero-order valence-corrected chi connectivity index (χ0v) is 22.8. The molecule has 0 spiro atoms. The smallest absolute Gasteiger partial charge is 0.325 e. The van der Waals surface area contributed by atoms with Crippen molar-refractivity contribution in [1.82, 2.24) is 14.7 Å². The summed E-state index contributed by atoms with van der Waals surface area (Å²) >= 11 is 0. The number of carbonyl (C=O) groups excluding carboxylic acids is 2. The normalized spacial score (nSPS) is 11.8. The van der Waals surface area contributed by atoms with Gasteiger partial charge in [0.1, 0.15) is 12.4 Å². The van der Waals surface area contributed by atoms with Crippen molar-refractivity contribution in [3.63, 3.8) is 0 Å². The lowest BCUT2D eigenvalue weighted by molar-refractivity contribution is -0.137. The summed E-state index contributed by atoms with van der Waals surface area (Å²) in [6, 6.07) is 22.6. The summed E-state index contributed by atoms with van der Waals surface area (Å²) in [5.74, 6) is -0.773. The molecule has 1 aromatic heterocycles. The first kappa shape index (κ1) is 28.6. The number of alkyl halides is 3. The standard InChI is InChI=1S/C31H31F3N4O2/c1-21-10-8-15-25(16-21)38-27(18-26(36-38)30(2,3)4)35-28(39)20-37(19-22-11-6-5-7-12-22)29(40)23-13-9-14-24(17-23)31(32,33)34/h5-18H,19-20H2,1-4H3,(H,35,39). The molecule has 3 aromatic carbocycles. The molecule has 6 nitrogen and oxygen atoms in total. The Kier molecular flexibility index (Phi) is 8.13. The highest BCUT2D eigenvalue weighted by atomic mass is 19.4. The van der Waals surface area contributed by atoms with Crippen molar-refractivity contribution in [1.29, 1.82) is 0 Å². The van der Waals surface area contributed by atoms with Gasteiger partial charge in [-0.05, 0) is 48.4 Å². The highest BCUT2D eigenvalue weighted by molar-refractivity contribution is 5.99. The van der Waals surface area contributed by atoms with E-state index in [0.717, 1.165) is 34.6 Å². The van der Waals surface area contributed by atoms with Crippen LogP contribution in [0.25, 0.3) is 5.69 Å². The Hall–Kier alpha value is -4.40. The molecule has 0 saturated heterocycles. The van der Waals surface area contributed by atoms with Gasteiger partial charge in [0.15, 0.2) is 0 Å². The zero-order chi connectivity index (χ0) is 29.1. The molecular weight excluding hydrogens is 517 g/mol. The van der Waals surface area contributed by atoms with E-state index < -0.39 is 23.6 Å². The number of aryl methyl sites for hydroxylation is 1. The minimum atomic E-state index is -4.60. The minimum Gasteiger partial charge on any atom is -0.325 e. The first-order chi connectivity index (χ1) is 18.8. The molecule has 1 heterocycles. The highest BCUT2D eigenvalue weighted by Crippen LogP contribution is 2.30. The molecule has 208 valence electrons. The van der Waals surface area contributed by atoms with Crippen LogP contribution in [0, 0.1) is 6.92 Å². The van der Waals surface area contributed by atoms with Crippen LogP contribution >= 0.6 is 0 Å². The van der Waals surface area contributed by atoms with Crippen LogP contribution in [0.3, 0.4) is 0 Å². The first-order valence-corrected chi connectivity index (χ1v) is 12.8. The van der Waals surface area contributed by atoms with Crippen LogP contribution in [0.1, 0.15) is 53.5 Å². The average molecular weight is 549 g/mol. The summed E-state index contributed by atoms with van der Waals surface area (Å²) in [4.78, 5) is 28.0. The van der Waals surface area contributed by atoms with E-state index in [1.807, 2.05) is 58.0 Å². The molecule has 0 aliphatic rings. The Morgan fingerprint density at radius 1 is 0.900 bits per heavy atom. The predicted molar refractivity (Wildman–Crippen MR) is 148 cm³/mol. The van der Waals surface area contributed by atoms with Crippen molar-refractivity contribution in [2.45, 2.75) is 45.8 Å². The van der Waals surface area contributed by atoms with Crippen molar-refractivity contribution in [2.75, 3.05) is 11.9 Å². The molecule has 0 bridgehead atoms. The number of amides is 2. The predicted octanol–water partition coefficient (Wildman–Crippen LogP) is 6.78. The first-order valence-electron chi connectivity index (χ1n) is 12.8. The molecule has 9 heteroatoms. The summed E-state index contributed by atoms with van der Waals surface area (Å²) in [6.45, 7) is 7.64. The van der Waals surface area contributed by atoms with Crippen molar-refractivity contribution in [3.8, 4) is 5.69 Å². The maximum absolute atomic E-state index is 13.4. The number of hydrogen-bond acceptors (Lipinski definition) is 3. The summed E-state index contributed by atoms with van der Waals surface area (Å²) in [5, 5.41) is 7.59. The van der Waals surface area contributed by atoms with Gasteiger partial charge in [-0.25, -0.2) is 4.68 Å². The summed E-state index contributed by atoms with van der Waals surface area (Å²) in [6.07, 6.45) is -4.60. The third-order valence-corrected chi connectivity index (χ3v) is 6.27. The molecule has 40 heavy (non-hydrogen) atoms. The van der Waals surface area contributed by atoms with Gasteiger partial charge in [-0.1, -0.05) is 69.3 Å². The molecule has 0 radical (unpaired) electrons. The lowest BCUT2D eigenvalue weighted by Gasteiger charge is -2.23. The van der Waals surface area contributed by atoms with E-state index in [0.29, 0.717) is 5.82 Å². The van der Waals surface area contributed by atoms with E-state index in [9.17, 15) is 22.8 Å². The van der Waals surface area contributed by atoms with E-state index in [-0.39, 0.29) is 24.1 Å². The van der Waals surface area contributed by atoms with Crippen LogP contribution in [0.15, 0.2) is 84.9 Å². The molecule has 0 fully saturated rings. The second-order valence-corrected chi connectivity index (χ2v) is 10.7. The Morgan fingerprint density at radius 3 is 2.25 bits per heavy atom. The fraction of sp³-hybridized carbons (Fsp3) is 0.258. The SMILES string of the molecule is Cc1cccc(-n2nc(C(C)(C)C)cc2NC(=O)CN(Cc2ccccc2)C(=O)c2cccc(C(F)(F)F)c2)c1. The maximum Gasteiger partial charge on any atom is 0.416 e. The lowest BCUT2D eigenvalue weighted by Crippen LogP contribution is -2.38. The number of benzene rings is 3. The molecule has 4 rings (SSSR count). The summed E-state index contributed by atoms with van der Waals surface area (Å²) < 4.78 is 41.6. The molecule has 0 aliphatic carbocycles. The van der Waals surface area contributed by atoms with Gasteiger partial charge in [-0.15, -0.1) is 0 Å². The quantitative estimate of drug-likeness (QED) is 0.277. The van der Waals surface area contributed by atoms with Gasteiger partial charge in [0.05, 0.1) is 16.9 Å². The summed E-state index contributed by atoms with van der Waals surface area (Å²) in [5.41, 5.74) is 1.88. The third kappa shape index (κ3) is 6.97. The van der Waals surface area contributed by atoms with E-state index in [2.05, 4.69) is 5.32 Å². The van der Waals surface area contributed by atoms with Gasteiger partial charge in [0, 0.05) is 23.6 Å². The number of aromatic nitrogens is 2. The van der Waals surface area contributed by atoms with Crippen LogP contribution in [-0.2, 0) is 22.9 Å². The number of rotatable bonds is 7. The van der Waals surface area contributed by atoms with Gasteiger partial charge < -0.3 is 10.2 Å². The molecule has 2 amide bonds. The second-order valence-electron chi connectivity index (χ2n) is 10.7. The zero-order valence-electron chi connectivity index (χ0n) is 22.8. The second kappa shape index (κ2) is 11.4. The Bertz CT molecular complexity index is 1510. The number of halogens is 3. The number of anilines is 1. The molecule has 0 atom stereocenters. The van der Waals surface area contributed by atoms with E-state index in [4.69, 9.17) is 5.10 Å². The van der Waals surface area contributed by atoms with Crippen LogP contribution < -0.4 is 5.32 Å². The fourth-order valence-electron chi connectivity index (χ4n) is 4.16.